The van der Waals surface area contributed by atoms with Crippen LogP contribution in [0.15, 0.2) is 70.7 Å². The number of rotatable bonds is 5. The second-order valence-corrected chi connectivity index (χ2v) is 8.75. The van der Waals surface area contributed by atoms with E-state index in [9.17, 15) is 14.3 Å². The summed E-state index contributed by atoms with van der Waals surface area (Å²) in [6, 6.07) is 14.3. The van der Waals surface area contributed by atoms with Crippen LogP contribution in [-0.2, 0) is 5.41 Å². The molecule has 2 N–H and O–H groups in total. The van der Waals surface area contributed by atoms with Crippen molar-refractivity contribution in [2.75, 3.05) is 11.9 Å². The van der Waals surface area contributed by atoms with Gasteiger partial charge in [0, 0.05) is 33.0 Å². The largest absolute Gasteiger partial charge is 0.493 e. The highest BCUT2D eigenvalue weighted by Gasteiger charge is 2.58. The van der Waals surface area contributed by atoms with E-state index >= 15 is 0 Å². The van der Waals surface area contributed by atoms with E-state index in [1.54, 1.807) is 12.3 Å². The quantitative estimate of drug-likeness (QED) is 0.605. The van der Waals surface area contributed by atoms with Crippen molar-refractivity contribution in [2.45, 2.75) is 34.1 Å². The van der Waals surface area contributed by atoms with Gasteiger partial charge in [-0.05, 0) is 49.2 Å². The number of hydrogen-bond donors (Lipinski definition) is 2. The molecule has 5 nitrogen and oxygen atoms in total. The predicted octanol–water partition coefficient (Wildman–Crippen LogP) is 4.97. The van der Waals surface area contributed by atoms with Crippen molar-refractivity contribution in [3.63, 3.8) is 0 Å². The molecule has 30 heavy (non-hydrogen) atoms. The van der Waals surface area contributed by atoms with Crippen LogP contribution in [0.1, 0.15) is 28.8 Å². The van der Waals surface area contributed by atoms with Crippen molar-refractivity contribution >= 4 is 23.4 Å². The molecule has 5 rings (SSSR count). The molecule has 0 saturated heterocycles. The van der Waals surface area contributed by atoms with Crippen LogP contribution in [0.25, 0.3) is 0 Å². The molecule has 1 aliphatic heterocycles. The fourth-order valence-corrected chi connectivity index (χ4v) is 5.09. The molecule has 0 amide bonds. The average Bonchev–Trinajstić information content (AvgIpc) is 3.40. The Labute approximate surface area is 177 Å². The zero-order valence-corrected chi connectivity index (χ0v) is 16.8. The summed E-state index contributed by atoms with van der Waals surface area (Å²) in [5.74, 6) is -0.381. The minimum Gasteiger partial charge on any atom is -0.493 e. The van der Waals surface area contributed by atoms with Gasteiger partial charge in [0.25, 0.3) is 0 Å². The lowest BCUT2D eigenvalue weighted by molar-refractivity contribution is 0.0697. The van der Waals surface area contributed by atoms with Gasteiger partial charge in [-0.2, -0.15) is 0 Å². The summed E-state index contributed by atoms with van der Waals surface area (Å²) in [5.41, 5.74) is 1.83. The number of fused-ring (bicyclic) bond motifs is 2. The van der Waals surface area contributed by atoms with E-state index in [1.165, 1.54) is 36.2 Å². The second kappa shape index (κ2) is 7.32. The van der Waals surface area contributed by atoms with Gasteiger partial charge in [-0.15, -0.1) is 0 Å². The Balaban J connectivity index is 1.38. The Morgan fingerprint density at radius 3 is 2.93 bits per heavy atom. The molecule has 1 saturated carbocycles. The Morgan fingerprint density at radius 1 is 1.23 bits per heavy atom. The number of aromatic nitrogens is 1. The fourth-order valence-electron chi connectivity index (χ4n) is 4.19. The summed E-state index contributed by atoms with van der Waals surface area (Å²) in [6.07, 6.45) is 4.83. The van der Waals surface area contributed by atoms with Crippen LogP contribution < -0.4 is 10.1 Å². The molecule has 1 aromatic heterocycles. The van der Waals surface area contributed by atoms with E-state index in [2.05, 4.69) is 16.4 Å². The number of carboxylic acids is 1. The summed E-state index contributed by atoms with van der Waals surface area (Å²) < 4.78 is 19.4. The van der Waals surface area contributed by atoms with Crippen LogP contribution in [0.3, 0.4) is 0 Å². The number of halogens is 1. The maximum Gasteiger partial charge on any atom is 0.337 e. The molecule has 2 aliphatic rings. The fraction of sp³-hybridized carbons (Fsp3) is 0.217. The van der Waals surface area contributed by atoms with E-state index in [1.807, 2.05) is 18.2 Å². The molecule has 0 unspecified atom stereocenters. The minimum absolute atomic E-state index is 0.0682. The van der Waals surface area contributed by atoms with Gasteiger partial charge in [0.05, 0.1) is 24.1 Å². The monoisotopic (exact) mass is 422 g/mol. The first-order chi connectivity index (χ1) is 14.5. The lowest BCUT2D eigenvalue weighted by Crippen LogP contribution is -2.26. The third-order valence-corrected chi connectivity index (χ3v) is 6.76. The molecular formula is C23H19FN2O3S. The van der Waals surface area contributed by atoms with Gasteiger partial charge in [0.2, 0.25) is 0 Å². The zero-order valence-electron chi connectivity index (χ0n) is 16.0. The van der Waals surface area contributed by atoms with Gasteiger partial charge in [0.15, 0.2) is 0 Å². The first-order valence-corrected chi connectivity index (χ1v) is 10.5. The highest BCUT2D eigenvalue weighted by atomic mass is 32.2. The van der Waals surface area contributed by atoms with E-state index in [0.717, 1.165) is 33.9 Å². The molecule has 2 aromatic carbocycles. The normalized spacial score (nSPS) is 21.6. The van der Waals surface area contributed by atoms with Crippen molar-refractivity contribution in [1.29, 1.82) is 0 Å². The molecule has 2 atom stereocenters. The lowest BCUT2D eigenvalue weighted by atomic mass is 9.89. The minimum atomic E-state index is -0.971. The average molecular weight is 422 g/mol. The Kier molecular flexibility index (Phi) is 4.62. The van der Waals surface area contributed by atoms with Crippen LogP contribution in [0.5, 0.6) is 5.75 Å². The molecule has 1 aliphatic carbocycles. The zero-order chi connectivity index (χ0) is 20.7. The molecule has 0 radical (unpaired) electrons. The van der Waals surface area contributed by atoms with Crippen LogP contribution in [0.2, 0.25) is 0 Å². The number of ether oxygens (including phenoxy) is 1. The molecular weight excluding hydrogens is 403 g/mol. The van der Waals surface area contributed by atoms with E-state index in [0.29, 0.717) is 12.3 Å². The number of aromatic carboxylic acids is 1. The number of pyridine rings is 1. The van der Waals surface area contributed by atoms with Crippen molar-refractivity contribution in [3.8, 4) is 5.75 Å². The van der Waals surface area contributed by atoms with Gasteiger partial charge in [-0.25, -0.2) is 9.18 Å². The van der Waals surface area contributed by atoms with E-state index in [-0.39, 0.29) is 22.8 Å². The van der Waals surface area contributed by atoms with Gasteiger partial charge in [0.1, 0.15) is 11.6 Å². The molecule has 0 bridgehead atoms. The summed E-state index contributed by atoms with van der Waals surface area (Å²) >= 11 is 1.49. The number of benzene rings is 2. The predicted molar refractivity (Wildman–Crippen MR) is 112 cm³/mol. The SMILES string of the molecule is O=C(O)c1ccncc1N[C@@H]1C[C@]12CCOc1cc(Sc3cccc(F)c3)ccc12. The van der Waals surface area contributed by atoms with Crippen molar-refractivity contribution in [1.82, 2.24) is 4.98 Å². The number of carboxylic acid groups (broad SMARTS) is 1. The lowest BCUT2D eigenvalue weighted by Gasteiger charge is -2.28. The summed E-state index contributed by atoms with van der Waals surface area (Å²) in [7, 11) is 0. The van der Waals surface area contributed by atoms with E-state index < -0.39 is 5.97 Å². The number of hydrogen-bond acceptors (Lipinski definition) is 5. The molecule has 152 valence electrons. The smallest absolute Gasteiger partial charge is 0.337 e. The van der Waals surface area contributed by atoms with Gasteiger partial charge in [-0.1, -0.05) is 23.9 Å². The maximum atomic E-state index is 13.5. The second-order valence-electron chi connectivity index (χ2n) is 7.60. The Hall–Kier alpha value is -3.06. The Bertz CT molecular complexity index is 1140. The van der Waals surface area contributed by atoms with Gasteiger partial charge < -0.3 is 15.2 Å². The highest BCUT2D eigenvalue weighted by Crippen LogP contribution is 2.57. The number of carbonyl (C=O) groups is 1. The van der Waals surface area contributed by atoms with Crippen LogP contribution in [0, 0.1) is 5.82 Å². The number of nitrogens with zero attached hydrogens (tertiary/aromatic N) is 1. The first-order valence-electron chi connectivity index (χ1n) is 9.70. The van der Waals surface area contributed by atoms with Crippen molar-refractivity contribution in [2.24, 2.45) is 0 Å². The molecule has 1 spiro atoms. The molecule has 1 fully saturated rings. The van der Waals surface area contributed by atoms with Crippen molar-refractivity contribution < 1.29 is 19.0 Å². The highest BCUT2D eigenvalue weighted by molar-refractivity contribution is 7.99. The Morgan fingerprint density at radius 2 is 2.10 bits per heavy atom. The molecule has 2 heterocycles. The van der Waals surface area contributed by atoms with Crippen molar-refractivity contribution in [3.05, 3.63) is 77.9 Å². The van der Waals surface area contributed by atoms with Gasteiger partial charge in [-0.3, -0.25) is 4.98 Å². The number of nitrogens with one attached hydrogen (secondary N) is 1. The van der Waals surface area contributed by atoms with Crippen LogP contribution >= 0.6 is 11.8 Å². The standard InChI is InChI=1S/C23H19FN2O3S/c24-14-2-1-3-15(10-14)30-16-4-5-18-20(11-16)29-9-7-23(18)12-21(23)26-19-13-25-8-6-17(19)22(27)28/h1-6,8,10-11,13,21,26H,7,9,12H2,(H,27,28)/t21-,23+/m1/s1. The summed E-state index contributed by atoms with van der Waals surface area (Å²) in [6.45, 7) is 0.609. The third kappa shape index (κ3) is 3.39. The first kappa shape index (κ1) is 18.9. The van der Waals surface area contributed by atoms with Crippen LogP contribution in [-0.4, -0.2) is 28.7 Å². The summed E-state index contributed by atoms with van der Waals surface area (Å²) in [5, 5.41) is 12.8. The van der Waals surface area contributed by atoms with Gasteiger partial charge >= 0.3 is 5.97 Å². The molecule has 7 heteroatoms. The maximum absolute atomic E-state index is 13.5. The number of anilines is 1. The summed E-state index contributed by atoms with van der Waals surface area (Å²) in [4.78, 5) is 17.4. The third-order valence-electron chi connectivity index (χ3n) is 5.78. The van der Waals surface area contributed by atoms with Crippen LogP contribution in [0.4, 0.5) is 10.1 Å². The molecule has 3 aromatic rings. The topological polar surface area (TPSA) is 71.5 Å². The van der Waals surface area contributed by atoms with E-state index in [4.69, 9.17) is 4.74 Å².